The van der Waals surface area contributed by atoms with E-state index in [0.29, 0.717) is 0 Å². The molecule has 0 saturated carbocycles. The highest BCUT2D eigenvalue weighted by Gasteiger charge is 1.74. The Kier molecular flexibility index (Phi) is 5.44. The van der Waals surface area contributed by atoms with Crippen molar-refractivity contribution in [1.82, 2.24) is 0 Å². The molecule has 0 N–H and O–H groups in total. The fraction of sp³-hybridized carbons (Fsp3) is 0.333. The minimum atomic E-state index is 1.38. The highest BCUT2D eigenvalue weighted by molar-refractivity contribution is 9.08. The van der Waals surface area contributed by atoms with Gasteiger partial charge in [0.05, 0.1) is 0 Å². The van der Waals surface area contributed by atoms with Crippen LogP contribution in [-0.4, -0.2) is 5.83 Å². The summed E-state index contributed by atoms with van der Waals surface area (Å²) in [7, 11) is 0. The number of halogens is 1. The molecule has 0 spiro atoms. The summed E-state index contributed by atoms with van der Waals surface area (Å²) in [6, 6.07) is 4.16. The monoisotopic (exact) mass is 192 g/mol. The molecule has 2 heteroatoms. The molecule has 1 aromatic heterocycles. The van der Waals surface area contributed by atoms with Gasteiger partial charge in [-0.05, 0) is 24.2 Å². The molecule has 0 aliphatic carbocycles. The van der Waals surface area contributed by atoms with Gasteiger partial charge in [-0.15, -0.1) is 11.3 Å². The van der Waals surface area contributed by atoms with E-state index in [9.17, 15) is 0 Å². The summed E-state index contributed by atoms with van der Waals surface area (Å²) in [5, 5.41) is 2.08. The van der Waals surface area contributed by atoms with Crippen LogP contribution in [-0.2, 0) is 0 Å². The Labute approximate surface area is 62.7 Å². The van der Waals surface area contributed by atoms with Gasteiger partial charge in [0, 0.05) is 4.88 Å². The molecule has 46 valence electrons. The lowest BCUT2D eigenvalue weighted by Gasteiger charge is -1.65. The zero-order valence-corrected chi connectivity index (χ0v) is 7.42. The summed E-state index contributed by atoms with van der Waals surface area (Å²) >= 11 is 4.72. The highest BCUT2D eigenvalue weighted by Crippen LogP contribution is 2.03. The third-order valence-corrected chi connectivity index (χ3v) is 1.46. The summed E-state index contributed by atoms with van der Waals surface area (Å²) in [4.78, 5) is 1.38. The molecular weight excluding hydrogens is 184 g/mol. The quantitative estimate of drug-likeness (QED) is 0.555. The van der Waals surface area contributed by atoms with Crippen LogP contribution in [0.4, 0.5) is 0 Å². The summed E-state index contributed by atoms with van der Waals surface area (Å²) in [6.45, 7) is 2.10. The van der Waals surface area contributed by atoms with Crippen molar-refractivity contribution in [3.8, 4) is 0 Å². The summed E-state index contributed by atoms with van der Waals surface area (Å²) < 4.78 is 0. The van der Waals surface area contributed by atoms with Gasteiger partial charge in [0.25, 0.3) is 0 Å². The van der Waals surface area contributed by atoms with Crippen LogP contribution in [0, 0.1) is 6.92 Å². The summed E-state index contributed by atoms with van der Waals surface area (Å²) in [6.07, 6.45) is 0. The first kappa shape index (κ1) is 8.18. The van der Waals surface area contributed by atoms with Gasteiger partial charge < -0.3 is 0 Å². The molecule has 0 fully saturated rings. The van der Waals surface area contributed by atoms with Gasteiger partial charge in [0.15, 0.2) is 0 Å². The number of thiophene rings is 1. The van der Waals surface area contributed by atoms with Crippen LogP contribution in [0.3, 0.4) is 0 Å². The van der Waals surface area contributed by atoms with Gasteiger partial charge >= 0.3 is 0 Å². The Bertz CT molecular complexity index is 112. The second kappa shape index (κ2) is 5.32. The van der Waals surface area contributed by atoms with Crippen molar-refractivity contribution in [3.05, 3.63) is 22.4 Å². The van der Waals surface area contributed by atoms with Crippen LogP contribution in [0.25, 0.3) is 0 Å². The van der Waals surface area contributed by atoms with Crippen molar-refractivity contribution >= 4 is 27.3 Å². The Morgan fingerprint density at radius 1 is 1.50 bits per heavy atom. The first-order chi connectivity index (χ1) is 3.89. The van der Waals surface area contributed by atoms with Crippen molar-refractivity contribution < 1.29 is 0 Å². The van der Waals surface area contributed by atoms with Crippen molar-refractivity contribution in [2.45, 2.75) is 6.92 Å². The number of alkyl halides is 1. The number of hydrogen-bond donors (Lipinski definition) is 0. The molecule has 0 aliphatic rings. The minimum absolute atomic E-state index is 1.38. The van der Waals surface area contributed by atoms with Gasteiger partial charge in [-0.25, -0.2) is 0 Å². The molecule has 0 radical (unpaired) electrons. The molecule has 0 aromatic carbocycles. The van der Waals surface area contributed by atoms with E-state index in [2.05, 4.69) is 40.4 Å². The molecule has 0 amide bonds. The van der Waals surface area contributed by atoms with Gasteiger partial charge in [-0.3, -0.25) is 0 Å². The predicted molar refractivity (Wildman–Crippen MR) is 43.9 cm³/mol. The van der Waals surface area contributed by atoms with Gasteiger partial charge in [0.1, 0.15) is 0 Å². The Hall–Kier alpha value is 0.180. The molecule has 0 atom stereocenters. The summed E-state index contributed by atoms with van der Waals surface area (Å²) in [5.41, 5.74) is 0. The summed E-state index contributed by atoms with van der Waals surface area (Å²) in [5.74, 6) is 1.81. The lowest BCUT2D eigenvalue weighted by Crippen LogP contribution is -1.42. The fourth-order valence-electron chi connectivity index (χ4n) is 0.361. The molecule has 1 aromatic rings. The van der Waals surface area contributed by atoms with Crippen LogP contribution in [0.5, 0.6) is 0 Å². The second-order valence-electron chi connectivity index (χ2n) is 1.22. The fourth-order valence-corrected chi connectivity index (χ4v) is 0.890. The smallest absolute Gasteiger partial charge is 0.00141 e. The normalized spacial score (nSPS) is 7.38. The van der Waals surface area contributed by atoms with Gasteiger partial charge in [-0.1, -0.05) is 22.0 Å². The predicted octanol–water partition coefficient (Wildman–Crippen LogP) is 3.07. The zero-order valence-electron chi connectivity index (χ0n) is 5.02. The van der Waals surface area contributed by atoms with Crippen LogP contribution < -0.4 is 0 Å². The average Bonchev–Trinajstić information content (AvgIpc) is 2.24. The van der Waals surface area contributed by atoms with Gasteiger partial charge in [0.2, 0.25) is 0 Å². The van der Waals surface area contributed by atoms with Crippen LogP contribution in [0.15, 0.2) is 17.5 Å². The third-order valence-electron chi connectivity index (χ3n) is 0.663. The number of hydrogen-bond acceptors (Lipinski definition) is 1. The Morgan fingerprint density at radius 2 is 2.12 bits per heavy atom. The zero-order chi connectivity index (χ0) is 6.41. The molecule has 0 unspecified atom stereocenters. The Morgan fingerprint density at radius 3 is 2.25 bits per heavy atom. The van der Waals surface area contributed by atoms with E-state index in [0.717, 1.165) is 0 Å². The largest absolute Gasteiger partial charge is 0.149 e. The van der Waals surface area contributed by atoms with E-state index in [-0.39, 0.29) is 0 Å². The topological polar surface area (TPSA) is 0 Å². The molecule has 8 heavy (non-hydrogen) atoms. The molecule has 0 saturated heterocycles. The van der Waals surface area contributed by atoms with Crippen molar-refractivity contribution in [3.63, 3.8) is 0 Å². The molecule has 1 heterocycles. The lowest BCUT2D eigenvalue weighted by atomic mass is 10.5. The van der Waals surface area contributed by atoms with Crippen molar-refractivity contribution in [2.24, 2.45) is 0 Å². The maximum absolute atomic E-state index is 2.94. The molecule has 1 rings (SSSR count). The van der Waals surface area contributed by atoms with E-state index in [1.165, 1.54) is 4.88 Å². The Balaban J connectivity index is 0.000000222. The first-order valence-corrected chi connectivity index (χ1v) is 4.74. The van der Waals surface area contributed by atoms with E-state index in [1.807, 2.05) is 5.83 Å². The van der Waals surface area contributed by atoms with E-state index >= 15 is 0 Å². The minimum Gasteiger partial charge on any atom is -0.149 e. The van der Waals surface area contributed by atoms with E-state index < -0.39 is 0 Å². The number of rotatable bonds is 0. The van der Waals surface area contributed by atoms with Crippen LogP contribution in [0.2, 0.25) is 0 Å². The third kappa shape index (κ3) is 3.22. The maximum atomic E-state index is 2.94. The first-order valence-electron chi connectivity index (χ1n) is 2.27. The molecular formula is C6H9BrS. The molecule has 0 bridgehead atoms. The van der Waals surface area contributed by atoms with Crippen molar-refractivity contribution in [2.75, 3.05) is 5.83 Å². The highest BCUT2D eigenvalue weighted by atomic mass is 79.9. The van der Waals surface area contributed by atoms with E-state index in [1.54, 1.807) is 11.3 Å². The van der Waals surface area contributed by atoms with E-state index in [4.69, 9.17) is 0 Å². The molecule has 0 nitrogen and oxygen atoms in total. The standard InChI is InChI=1S/C5H6S.CH3Br/c1-5-3-2-4-6-5;1-2/h2-4H,1H3;1H3. The SMILES string of the molecule is CBr.Cc1cccs1. The van der Waals surface area contributed by atoms with Crippen LogP contribution in [0.1, 0.15) is 4.88 Å². The van der Waals surface area contributed by atoms with Gasteiger partial charge in [-0.2, -0.15) is 0 Å². The second-order valence-corrected chi connectivity index (χ2v) is 2.38. The maximum Gasteiger partial charge on any atom is 0.00141 e. The average molecular weight is 193 g/mol. The molecule has 0 aliphatic heterocycles. The number of aryl methyl sites for hydroxylation is 1. The lowest BCUT2D eigenvalue weighted by molar-refractivity contribution is 1.64. The van der Waals surface area contributed by atoms with Crippen molar-refractivity contribution in [1.29, 1.82) is 0 Å². The van der Waals surface area contributed by atoms with Crippen LogP contribution >= 0.6 is 27.3 Å².